The van der Waals surface area contributed by atoms with E-state index in [0.29, 0.717) is 11.4 Å². The molecule has 0 saturated heterocycles. The van der Waals surface area contributed by atoms with Crippen LogP contribution >= 0.6 is 27.5 Å². The fourth-order valence-corrected chi connectivity index (χ4v) is 2.90. The number of amides is 1. The number of carbonyl (C=O) groups is 1. The Kier molecular flexibility index (Phi) is 4.23. The summed E-state index contributed by atoms with van der Waals surface area (Å²) in [5.41, 5.74) is 3.81. The Bertz CT molecular complexity index is 857. The molecule has 112 valence electrons. The quantitative estimate of drug-likeness (QED) is 0.657. The third-order valence-electron chi connectivity index (χ3n) is 3.54. The average Bonchev–Trinajstić information content (AvgIpc) is 2.85. The lowest BCUT2D eigenvalue weighted by Gasteiger charge is -2.07. The lowest BCUT2D eigenvalue weighted by molar-refractivity contribution is -0.115. The molecule has 0 unspecified atom stereocenters. The van der Waals surface area contributed by atoms with Crippen LogP contribution in [0.3, 0.4) is 0 Å². The SMILES string of the molecule is Cc1ccc(NC(=O)Cc2c[nH]c3cc(Cl)ccc23)cc1Br. The average molecular weight is 378 g/mol. The minimum atomic E-state index is -0.0494. The highest BCUT2D eigenvalue weighted by atomic mass is 79.9. The first-order valence-corrected chi connectivity index (χ1v) is 8.01. The molecule has 1 heterocycles. The van der Waals surface area contributed by atoms with Crippen LogP contribution in [0.2, 0.25) is 5.02 Å². The Morgan fingerprint density at radius 3 is 2.86 bits per heavy atom. The van der Waals surface area contributed by atoms with Gasteiger partial charge in [0, 0.05) is 32.3 Å². The van der Waals surface area contributed by atoms with Gasteiger partial charge in [0.15, 0.2) is 0 Å². The van der Waals surface area contributed by atoms with Crippen molar-refractivity contribution in [2.24, 2.45) is 0 Å². The molecule has 0 aliphatic heterocycles. The summed E-state index contributed by atoms with van der Waals surface area (Å²) >= 11 is 9.43. The van der Waals surface area contributed by atoms with Crippen LogP contribution < -0.4 is 5.32 Å². The second kappa shape index (κ2) is 6.15. The number of hydrogen-bond donors (Lipinski definition) is 2. The zero-order valence-electron chi connectivity index (χ0n) is 11.9. The molecule has 2 aromatic carbocycles. The molecule has 0 fully saturated rings. The van der Waals surface area contributed by atoms with Crippen LogP contribution in [-0.2, 0) is 11.2 Å². The molecule has 3 rings (SSSR count). The molecule has 2 N–H and O–H groups in total. The lowest BCUT2D eigenvalue weighted by atomic mass is 10.1. The van der Waals surface area contributed by atoms with Crippen LogP contribution in [0.15, 0.2) is 47.1 Å². The van der Waals surface area contributed by atoms with Gasteiger partial charge >= 0.3 is 0 Å². The van der Waals surface area contributed by atoms with E-state index in [0.717, 1.165) is 32.2 Å². The van der Waals surface area contributed by atoms with E-state index in [4.69, 9.17) is 11.6 Å². The van der Waals surface area contributed by atoms with Crippen molar-refractivity contribution in [3.63, 3.8) is 0 Å². The standard InChI is InChI=1S/C17H14BrClN2O/c1-10-2-4-13(8-15(10)18)21-17(22)6-11-9-20-16-7-12(19)3-5-14(11)16/h2-5,7-9,20H,6H2,1H3,(H,21,22). The number of rotatable bonds is 3. The summed E-state index contributed by atoms with van der Waals surface area (Å²) in [5, 5.41) is 4.61. The largest absolute Gasteiger partial charge is 0.361 e. The highest BCUT2D eigenvalue weighted by molar-refractivity contribution is 9.10. The van der Waals surface area contributed by atoms with Crippen molar-refractivity contribution in [2.75, 3.05) is 5.32 Å². The second-order valence-electron chi connectivity index (χ2n) is 5.19. The fraction of sp³-hybridized carbons (Fsp3) is 0.118. The minimum Gasteiger partial charge on any atom is -0.361 e. The minimum absolute atomic E-state index is 0.0494. The molecule has 0 radical (unpaired) electrons. The maximum atomic E-state index is 12.2. The van der Waals surface area contributed by atoms with Crippen LogP contribution in [0.1, 0.15) is 11.1 Å². The summed E-state index contributed by atoms with van der Waals surface area (Å²) in [7, 11) is 0. The maximum absolute atomic E-state index is 12.2. The van der Waals surface area contributed by atoms with Crippen molar-refractivity contribution in [1.29, 1.82) is 0 Å². The summed E-state index contributed by atoms with van der Waals surface area (Å²) in [4.78, 5) is 15.4. The third kappa shape index (κ3) is 3.18. The normalized spacial score (nSPS) is 10.9. The number of aromatic nitrogens is 1. The van der Waals surface area contributed by atoms with E-state index < -0.39 is 0 Å². The first-order chi connectivity index (χ1) is 10.5. The molecule has 1 aromatic heterocycles. The van der Waals surface area contributed by atoms with Gasteiger partial charge in [-0.25, -0.2) is 0 Å². The molecule has 0 aliphatic carbocycles. The Balaban J connectivity index is 1.76. The summed E-state index contributed by atoms with van der Waals surface area (Å²) in [6, 6.07) is 11.4. The van der Waals surface area contributed by atoms with Crippen LogP contribution in [0.25, 0.3) is 10.9 Å². The summed E-state index contributed by atoms with van der Waals surface area (Å²) < 4.78 is 0.979. The summed E-state index contributed by atoms with van der Waals surface area (Å²) in [5.74, 6) is -0.0494. The van der Waals surface area contributed by atoms with Gasteiger partial charge in [-0.05, 0) is 42.3 Å². The molecule has 1 amide bonds. The summed E-state index contributed by atoms with van der Waals surface area (Å²) in [6.45, 7) is 2.01. The zero-order chi connectivity index (χ0) is 15.7. The topological polar surface area (TPSA) is 44.9 Å². The summed E-state index contributed by atoms with van der Waals surface area (Å²) in [6.07, 6.45) is 2.17. The highest BCUT2D eigenvalue weighted by Gasteiger charge is 2.10. The first kappa shape index (κ1) is 15.1. The third-order valence-corrected chi connectivity index (χ3v) is 4.63. The van der Waals surface area contributed by atoms with Gasteiger partial charge in [-0.1, -0.05) is 39.7 Å². The number of aryl methyl sites for hydroxylation is 1. The molecular formula is C17H14BrClN2O. The van der Waals surface area contributed by atoms with E-state index in [1.807, 2.05) is 49.5 Å². The Labute approximate surface area is 141 Å². The van der Waals surface area contributed by atoms with Gasteiger partial charge in [0.2, 0.25) is 5.91 Å². The smallest absolute Gasteiger partial charge is 0.228 e. The van der Waals surface area contributed by atoms with Gasteiger partial charge in [-0.2, -0.15) is 0 Å². The Hall–Kier alpha value is -1.78. The molecule has 0 aliphatic rings. The van der Waals surface area contributed by atoms with Crippen molar-refractivity contribution in [2.45, 2.75) is 13.3 Å². The molecular weight excluding hydrogens is 364 g/mol. The molecule has 5 heteroatoms. The zero-order valence-corrected chi connectivity index (χ0v) is 14.3. The number of aromatic amines is 1. The maximum Gasteiger partial charge on any atom is 0.228 e. The van der Waals surface area contributed by atoms with Gasteiger partial charge in [0.1, 0.15) is 0 Å². The number of anilines is 1. The molecule has 0 saturated carbocycles. The Morgan fingerprint density at radius 1 is 1.27 bits per heavy atom. The number of nitrogens with one attached hydrogen (secondary N) is 2. The number of H-pyrrole nitrogens is 1. The number of fused-ring (bicyclic) bond motifs is 1. The lowest BCUT2D eigenvalue weighted by Crippen LogP contribution is -2.14. The molecule has 0 atom stereocenters. The predicted molar refractivity (Wildman–Crippen MR) is 94.5 cm³/mol. The number of benzene rings is 2. The van der Waals surface area contributed by atoms with Crippen molar-refractivity contribution >= 4 is 50.0 Å². The van der Waals surface area contributed by atoms with E-state index in [-0.39, 0.29) is 5.91 Å². The molecule has 0 bridgehead atoms. The molecule has 3 nitrogen and oxygen atoms in total. The second-order valence-corrected chi connectivity index (χ2v) is 6.48. The number of hydrogen-bond acceptors (Lipinski definition) is 1. The van der Waals surface area contributed by atoms with E-state index >= 15 is 0 Å². The van der Waals surface area contributed by atoms with Crippen molar-refractivity contribution in [3.8, 4) is 0 Å². The van der Waals surface area contributed by atoms with Crippen LogP contribution in [0.5, 0.6) is 0 Å². The molecule has 0 spiro atoms. The van der Waals surface area contributed by atoms with Gasteiger partial charge in [0.05, 0.1) is 6.42 Å². The van der Waals surface area contributed by atoms with Crippen molar-refractivity contribution in [1.82, 2.24) is 4.98 Å². The fourth-order valence-electron chi connectivity index (χ4n) is 2.35. The monoisotopic (exact) mass is 376 g/mol. The first-order valence-electron chi connectivity index (χ1n) is 6.84. The van der Waals surface area contributed by atoms with Gasteiger partial charge in [0.25, 0.3) is 0 Å². The van der Waals surface area contributed by atoms with Crippen molar-refractivity contribution < 1.29 is 4.79 Å². The van der Waals surface area contributed by atoms with Gasteiger partial charge in [-0.15, -0.1) is 0 Å². The van der Waals surface area contributed by atoms with Crippen LogP contribution in [0, 0.1) is 6.92 Å². The van der Waals surface area contributed by atoms with E-state index in [1.165, 1.54) is 0 Å². The highest BCUT2D eigenvalue weighted by Crippen LogP contribution is 2.23. The number of halogens is 2. The Morgan fingerprint density at radius 2 is 2.09 bits per heavy atom. The predicted octanol–water partition coefficient (Wildman–Crippen LogP) is 5.07. The molecule has 3 aromatic rings. The van der Waals surface area contributed by atoms with E-state index in [2.05, 4.69) is 26.2 Å². The van der Waals surface area contributed by atoms with Gasteiger partial charge in [-0.3, -0.25) is 4.79 Å². The van der Waals surface area contributed by atoms with Crippen molar-refractivity contribution in [3.05, 3.63) is 63.2 Å². The number of carbonyl (C=O) groups excluding carboxylic acids is 1. The van der Waals surface area contributed by atoms with E-state index in [9.17, 15) is 4.79 Å². The molecule has 22 heavy (non-hydrogen) atoms. The van der Waals surface area contributed by atoms with Gasteiger partial charge < -0.3 is 10.3 Å². The van der Waals surface area contributed by atoms with E-state index in [1.54, 1.807) is 0 Å². The van der Waals surface area contributed by atoms with Crippen LogP contribution in [0.4, 0.5) is 5.69 Å². The van der Waals surface area contributed by atoms with Crippen LogP contribution in [-0.4, -0.2) is 10.9 Å².